The summed E-state index contributed by atoms with van der Waals surface area (Å²) < 4.78 is 5.51. The Hall–Kier alpha value is -1.14. The number of ether oxygens (including phenoxy) is 1. The van der Waals surface area contributed by atoms with Gasteiger partial charge in [0.25, 0.3) is 0 Å². The second-order valence-corrected chi connectivity index (χ2v) is 24.2. The number of nitrogens with one attached hydrogen (secondary N) is 1. The van der Waals surface area contributed by atoms with Gasteiger partial charge in [-0.25, -0.2) is 0 Å². The number of unbranched alkanes of at least 4 members (excludes halogenated alkanes) is 55. The lowest BCUT2D eigenvalue weighted by atomic mass is 10.0. The Bertz CT molecular complexity index is 1080. The van der Waals surface area contributed by atoms with Crippen LogP contribution < -0.4 is 5.32 Å². The molecule has 0 aromatic rings. The van der Waals surface area contributed by atoms with Gasteiger partial charge in [0.15, 0.2) is 0 Å². The van der Waals surface area contributed by atoms with E-state index in [1.807, 2.05) is 0 Å². The predicted molar refractivity (Wildman–Crippen MR) is 329 cm³/mol. The van der Waals surface area contributed by atoms with E-state index in [0.717, 1.165) is 38.5 Å². The molecule has 0 radical (unpaired) electrons. The highest BCUT2D eigenvalue weighted by molar-refractivity contribution is 5.76. The first kappa shape index (κ1) is 73.9. The van der Waals surface area contributed by atoms with Crippen LogP contribution in [-0.2, 0) is 14.3 Å². The third-order valence-electron chi connectivity index (χ3n) is 16.7. The Morgan fingerprint density at radius 1 is 0.320 bits per heavy atom. The van der Waals surface area contributed by atoms with Crippen LogP contribution in [0.4, 0.5) is 0 Å². The molecule has 6 nitrogen and oxygen atoms in total. The molecule has 0 rings (SSSR count). The van der Waals surface area contributed by atoms with Gasteiger partial charge in [0.2, 0.25) is 5.91 Å². The Balaban J connectivity index is 3.36. The fraction of sp³-hybridized carbons (Fsp3) is 0.971. The standard InChI is InChI=1S/C69H137NO5/c1-3-5-7-9-11-13-15-17-19-21-22-26-30-33-37-41-45-49-53-57-61-67(72)66(65-71)70-68(73)62-58-54-50-46-42-38-34-31-27-24-23-25-28-32-36-40-44-48-52-56-60-64-75-69(74)63-59-55-51-47-43-39-35-29-20-18-16-14-12-10-8-6-4-2/h66-67,71-72H,3-65H2,1-2H3,(H,70,73). The summed E-state index contributed by atoms with van der Waals surface area (Å²) in [6.45, 7) is 5.00. The average Bonchev–Trinajstić information content (AvgIpc) is 3.41. The molecule has 0 bridgehead atoms. The Labute approximate surface area is 470 Å². The van der Waals surface area contributed by atoms with Crippen molar-refractivity contribution in [3.63, 3.8) is 0 Å². The van der Waals surface area contributed by atoms with Gasteiger partial charge in [0.05, 0.1) is 25.4 Å². The van der Waals surface area contributed by atoms with Crippen LogP contribution in [0.5, 0.6) is 0 Å². The van der Waals surface area contributed by atoms with Gasteiger partial charge in [0.1, 0.15) is 0 Å². The van der Waals surface area contributed by atoms with E-state index in [1.54, 1.807) is 0 Å². The highest BCUT2D eigenvalue weighted by atomic mass is 16.5. The number of carbonyl (C=O) groups is 2. The molecule has 6 heteroatoms. The van der Waals surface area contributed by atoms with Crippen molar-refractivity contribution in [1.82, 2.24) is 5.32 Å². The van der Waals surface area contributed by atoms with E-state index in [4.69, 9.17) is 4.74 Å². The van der Waals surface area contributed by atoms with Crippen molar-refractivity contribution in [2.24, 2.45) is 0 Å². The quantitative estimate of drug-likeness (QED) is 0.0417. The Morgan fingerprint density at radius 2 is 0.547 bits per heavy atom. The molecule has 0 fully saturated rings. The zero-order valence-electron chi connectivity index (χ0n) is 51.3. The molecule has 0 saturated heterocycles. The maximum absolute atomic E-state index is 12.5. The first-order valence-corrected chi connectivity index (χ1v) is 34.8. The summed E-state index contributed by atoms with van der Waals surface area (Å²) in [4.78, 5) is 24.6. The molecule has 2 atom stereocenters. The van der Waals surface area contributed by atoms with Crippen LogP contribution >= 0.6 is 0 Å². The second kappa shape index (κ2) is 65.4. The molecule has 0 aliphatic heterocycles. The summed E-state index contributed by atoms with van der Waals surface area (Å²) >= 11 is 0. The van der Waals surface area contributed by atoms with Gasteiger partial charge in [-0.1, -0.05) is 367 Å². The molecule has 0 aromatic heterocycles. The molecule has 0 spiro atoms. The first-order chi connectivity index (χ1) is 37.0. The van der Waals surface area contributed by atoms with Gasteiger partial charge in [-0.2, -0.15) is 0 Å². The smallest absolute Gasteiger partial charge is 0.305 e. The van der Waals surface area contributed by atoms with Crippen molar-refractivity contribution in [3.8, 4) is 0 Å². The molecule has 448 valence electrons. The van der Waals surface area contributed by atoms with E-state index in [2.05, 4.69) is 19.2 Å². The van der Waals surface area contributed by atoms with Gasteiger partial charge in [-0.3, -0.25) is 9.59 Å². The number of hydrogen-bond acceptors (Lipinski definition) is 5. The van der Waals surface area contributed by atoms with Crippen molar-refractivity contribution in [3.05, 3.63) is 0 Å². The third-order valence-corrected chi connectivity index (χ3v) is 16.7. The minimum absolute atomic E-state index is 0.0175. The second-order valence-electron chi connectivity index (χ2n) is 24.2. The van der Waals surface area contributed by atoms with Gasteiger partial charge >= 0.3 is 5.97 Å². The number of amides is 1. The molecule has 0 aliphatic rings. The van der Waals surface area contributed by atoms with Gasteiger partial charge in [0, 0.05) is 12.8 Å². The summed E-state index contributed by atoms with van der Waals surface area (Å²) in [5, 5.41) is 23.4. The summed E-state index contributed by atoms with van der Waals surface area (Å²) in [7, 11) is 0. The minimum Gasteiger partial charge on any atom is -0.466 e. The number of rotatable bonds is 66. The topological polar surface area (TPSA) is 95.9 Å². The lowest BCUT2D eigenvalue weighted by molar-refractivity contribution is -0.143. The maximum atomic E-state index is 12.5. The van der Waals surface area contributed by atoms with E-state index < -0.39 is 12.1 Å². The number of aliphatic hydroxyl groups excluding tert-OH is 2. The van der Waals surface area contributed by atoms with E-state index >= 15 is 0 Å². The number of carbonyl (C=O) groups excluding carboxylic acids is 2. The van der Waals surface area contributed by atoms with E-state index in [9.17, 15) is 19.8 Å². The van der Waals surface area contributed by atoms with Gasteiger partial charge < -0.3 is 20.3 Å². The largest absolute Gasteiger partial charge is 0.466 e. The normalized spacial score (nSPS) is 12.4. The Morgan fingerprint density at radius 3 is 0.813 bits per heavy atom. The molecule has 1 amide bonds. The molecule has 0 aliphatic carbocycles. The lowest BCUT2D eigenvalue weighted by Gasteiger charge is -2.22. The fourth-order valence-corrected chi connectivity index (χ4v) is 11.4. The minimum atomic E-state index is -0.665. The Kier molecular flexibility index (Phi) is 64.4. The van der Waals surface area contributed by atoms with E-state index in [0.29, 0.717) is 25.9 Å². The number of esters is 1. The number of aliphatic hydroxyl groups is 2. The van der Waals surface area contributed by atoms with Gasteiger partial charge in [-0.05, 0) is 25.7 Å². The predicted octanol–water partition coefficient (Wildman–Crippen LogP) is 22.2. The first-order valence-electron chi connectivity index (χ1n) is 34.8. The van der Waals surface area contributed by atoms with Crippen molar-refractivity contribution in [2.45, 2.75) is 418 Å². The number of hydrogen-bond donors (Lipinski definition) is 3. The lowest BCUT2D eigenvalue weighted by Crippen LogP contribution is -2.45. The molecule has 0 heterocycles. The van der Waals surface area contributed by atoms with Gasteiger partial charge in [-0.15, -0.1) is 0 Å². The third kappa shape index (κ3) is 61.9. The monoisotopic (exact) mass is 1060 g/mol. The zero-order valence-corrected chi connectivity index (χ0v) is 51.3. The SMILES string of the molecule is CCCCCCCCCCCCCCCCCCCCCCC(O)C(CO)NC(=O)CCCCCCCCCCCCCCCCCCCCCCCOC(=O)CCCCCCCCCCCCCCCCCCC. The zero-order chi connectivity index (χ0) is 54.3. The molecule has 0 aromatic carbocycles. The van der Waals surface area contributed by atoms with Crippen LogP contribution in [0, 0.1) is 0 Å². The van der Waals surface area contributed by atoms with E-state index in [-0.39, 0.29) is 18.5 Å². The van der Waals surface area contributed by atoms with Crippen LogP contribution in [0.15, 0.2) is 0 Å². The van der Waals surface area contributed by atoms with Crippen molar-refractivity contribution >= 4 is 11.9 Å². The summed E-state index contributed by atoms with van der Waals surface area (Å²) in [5.74, 6) is -0.0132. The van der Waals surface area contributed by atoms with Crippen LogP contribution in [0.25, 0.3) is 0 Å². The summed E-state index contributed by atoms with van der Waals surface area (Å²) in [6.07, 6.45) is 78.5. The van der Waals surface area contributed by atoms with Crippen LogP contribution in [0.2, 0.25) is 0 Å². The van der Waals surface area contributed by atoms with Crippen molar-refractivity contribution < 1.29 is 24.5 Å². The van der Waals surface area contributed by atoms with Crippen molar-refractivity contribution in [1.29, 1.82) is 0 Å². The molecular formula is C69H137NO5. The van der Waals surface area contributed by atoms with Crippen LogP contribution in [0.3, 0.4) is 0 Å². The molecule has 3 N–H and O–H groups in total. The average molecular weight is 1060 g/mol. The van der Waals surface area contributed by atoms with Crippen molar-refractivity contribution in [2.75, 3.05) is 13.2 Å². The molecular weight excluding hydrogens is 923 g/mol. The molecule has 75 heavy (non-hydrogen) atoms. The molecule has 0 saturated carbocycles. The molecule has 2 unspecified atom stereocenters. The maximum Gasteiger partial charge on any atom is 0.305 e. The van der Waals surface area contributed by atoms with Crippen LogP contribution in [0.1, 0.15) is 406 Å². The summed E-state index contributed by atoms with van der Waals surface area (Å²) in [5.41, 5.74) is 0. The van der Waals surface area contributed by atoms with E-state index in [1.165, 1.54) is 334 Å². The highest BCUT2D eigenvalue weighted by Crippen LogP contribution is 2.19. The fourth-order valence-electron chi connectivity index (χ4n) is 11.4. The van der Waals surface area contributed by atoms with Crippen LogP contribution in [-0.4, -0.2) is 47.4 Å². The summed E-state index contributed by atoms with van der Waals surface area (Å²) in [6, 6.07) is -0.542. The highest BCUT2D eigenvalue weighted by Gasteiger charge is 2.20.